The van der Waals surface area contributed by atoms with E-state index in [1.807, 2.05) is 0 Å². The normalized spacial score (nSPS) is 48.9. The van der Waals surface area contributed by atoms with Gasteiger partial charge in [-0.3, -0.25) is 0 Å². The Balaban J connectivity index is 2.70. The molecule has 0 spiro atoms. The number of aliphatic hydroxyl groups is 5. The molecule has 0 aromatic heterocycles. The zero-order valence-corrected chi connectivity index (χ0v) is 8.07. The van der Waals surface area contributed by atoms with Gasteiger partial charge in [0, 0.05) is 0 Å². The Hall–Kier alpha value is 0.240. The van der Waals surface area contributed by atoms with Crippen molar-refractivity contribution in [2.24, 2.45) is 0 Å². The van der Waals surface area contributed by atoms with Crippen molar-refractivity contribution in [1.82, 2.24) is 0 Å². The van der Waals surface area contributed by atoms with Crippen molar-refractivity contribution in [2.45, 2.75) is 35.7 Å². The number of ether oxygens (including phenoxy) is 1. The number of aliphatic hydroxyl groups excluding tert-OH is 5. The fourth-order valence-electron chi connectivity index (χ4n) is 1.11. The second kappa shape index (κ2) is 4.18. The van der Waals surface area contributed by atoms with Crippen molar-refractivity contribution >= 4 is 15.9 Å². The molecule has 0 bridgehead atoms. The molecule has 78 valence electrons. The molecule has 0 aromatic rings. The first-order chi connectivity index (χ1) is 5.95. The van der Waals surface area contributed by atoms with E-state index in [-0.39, 0.29) is 0 Å². The quantitative estimate of drug-likeness (QED) is 0.333. The summed E-state index contributed by atoms with van der Waals surface area (Å²) in [4.78, 5) is 0. The van der Waals surface area contributed by atoms with E-state index in [1.165, 1.54) is 0 Å². The van der Waals surface area contributed by atoms with E-state index in [2.05, 4.69) is 20.7 Å². The predicted octanol–water partition coefficient (Wildman–Crippen LogP) is -2.50. The van der Waals surface area contributed by atoms with Gasteiger partial charge in [-0.1, -0.05) is 15.9 Å². The highest BCUT2D eigenvalue weighted by atomic mass is 79.9. The van der Waals surface area contributed by atoms with Crippen LogP contribution in [-0.4, -0.2) is 61.3 Å². The average molecular weight is 259 g/mol. The van der Waals surface area contributed by atoms with Crippen LogP contribution < -0.4 is 0 Å². The van der Waals surface area contributed by atoms with Crippen molar-refractivity contribution in [3.8, 4) is 0 Å². The largest absolute Gasteiger partial charge is 0.387 e. The Morgan fingerprint density at radius 3 is 2.00 bits per heavy atom. The molecule has 6 nitrogen and oxygen atoms in total. The van der Waals surface area contributed by atoms with Gasteiger partial charge in [0.25, 0.3) is 0 Å². The van der Waals surface area contributed by atoms with Gasteiger partial charge in [-0.2, -0.15) is 0 Å². The van der Waals surface area contributed by atoms with Crippen molar-refractivity contribution in [3.63, 3.8) is 0 Å². The van der Waals surface area contributed by atoms with Crippen LogP contribution >= 0.6 is 15.9 Å². The molecule has 1 unspecified atom stereocenters. The van der Waals surface area contributed by atoms with E-state index in [0.717, 1.165) is 0 Å². The van der Waals surface area contributed by atoms with E-state index >= 15 is 0 Å². The molecule has 6 atom stereocenters. The molecule has 0 amide bonds. The summed E-state index contributed by atoms with van der Waals surface area (Å²) in [6.45, 7) is 0. The standard InChI is InChI=1S/C6H11BrO6/c7-5(11)4-2(9)1(8)3(10)6(12)13-4/h1-6,8-12H/t1-,2-,3+,4-,5?,6-/m0/s1. The first-order valence-corrected chi connectivity index (χ1v) is 4.56. The zero-order chi connectivity index (χ0) is 10.2. The maximum Gasteiger partial charge on any atom is 0.184 e. The summed E-state index contributed by atoms with van der Waals surface area (Å²) >= 11 is 2.72. The second-order valence-electron chi connectivity index (χ2n) is 2.84. The molecule has 0 aromatic carbocycles. The summed E-state index contributed by atoms with van der Waals surface area (Å²) in [5.74, 6) is 0. The van der Waals surface area contributed by atoms with Crippen LogP contribution in [0.1, 0.15) is 0 Å². The summed E-state index contributed by atoms with van der Waals surface area (Å²) in [6.07, 6.45) is -7.35. The third-order valence-electron chi connectivity index (χ3n) is 1.90. The van der Waals surface area contributed by atoms with Crippen LogP contribution in [0.5, 0.6) is 0 Å². The average Bonchev–Trinajstić information content (AvgIpc) is 2.07. The zero-order valence-electron chi connectivity index (χ0n) is 6.49. The van der Waals surface area contributed by atoms with Gasteiger partial charge in [0.15, 0.2) is 6.29 Å². The number of halogens is 1. The predicted molar refractivity (Wildman–Crippen MR) is 43.8 cm³/mol. The maximum absolute atomic E-state index is 9.26. The van der Waals surface area contributed by atoms with Crippen LogP contribution in [0.3, 0.4) is 0 Å². The summed E-state index contributed by atoms with van der Waals surface area (Å²) in [6, 6.07) is 0. The summed E-state index contributed by atoms with van der Waals surface area (Å²) in [7, 11) is 0. The maximum atomic E-state index is 9.26. The molecule has 1 saturated heterocycles. The van der Waals surface area contributed by atoms with Crippen LogP contribution in [-0.2, 0) is 4.74 Å². The third-order valence-corrected chi connectivity index (χ3v) is 2.42. The van der Waals surface area contributed by atoms with Gasteiger partial charge in [0.2, 0.25) is 0 Å². The van der Waals surface area contributed by atoms with Crippen LogP contribution in [0.4, 0.5) is 0 Å². The molecule has 1 aliphatic rings. The molecule has 7 heteroatoms. The van der Waals surface area contributed by atoms with E-state index in [4.69, 9.17) is 20.4 Å². The smallest absolute Gasteiger partial charge is 0.184 e. The lowest BCUT2D eigenvalue weighted by atomic mass is 9.99. The van der Waals surface area contributed by atoms with E-state index in [9.17, 15) is 5.11 Å². The monoisotopic (exact) mass is 258 g/mol. The Kier molecular flexibility index (Phi) is 3.64. The highest BCUT2D eigenvalue weighted by Crippen LogP contribution is 2.23. The first-order valence-electron chi connectivity index (χ1n) is 3.65. The van der Waals surface area contributed by atoms with Crippen molar-refractivity contribution in [2.75, 3.05) is 0 Å². The molecule has 1 rings (SSSR count). The van der Waals surface area contributed by atoms with Gasteiger partial charge in [-0.05, 0) is 0 Å². The molecule has 1 heterocycles. The molecule has 1 fully saturated rings. The minimum atomic E-state index is -1.62. The fraction of sp³-hybridized carbons (Fsp3) is 1.00. The summed E-state index contributed by atoms with van der Waals surface area (Å²) < 4.78 is 4.64. The van der Waals surface area contributed by atoms with Crippen LogP contribution in [0, 0.1) is 0 Å². The third kappa shape index (κ3) is 2.18. The van der Waals surface area contributed by atoms with Crippen LogP contribution in [0.25, 0.3) is 0 Å². The topological polar surface area (TPSA) is 110 Å². The highest BCUT2D eigenvalue weighted by Gasteiger charge is 2.45. The summed E-state index contributed by atoms with van der Waals surface area (Å²) in [5, 5.41) is 44.2. The number of hydrogen-bond acceptors (Lipinski definition) is 6. The van der Waals surface area contributed by atoms with Crippen LogP contribution in [0.2, 0.25) is 0 Å². The van der Waals surface area contributed by atoms with Crippen molar-refractivity contribution < 1.29 is 30.3 Å². The van der Waals surface area contributed by atoms with E-state index in [1.54, 1.807) is 0 Å². The van der Waals surface area contributed by atoms with Gasteiger partial charge in [-0.15, -0.1) is 0 Å². The number of rotatable bonds is 1. The molecular formula is C6H11BrO6. The Bertz CT molecular complexity index is 177. The fourth-order valence-corrected chi connectivity index (χ4v) is 1.55. The molecule has 0 saturated carbocycles. The van der Waals surface area contributed by atoms with E-state index < -0.39 is 35.7 Å². The van der Waals surface area contributed by atoms with E-state index in [0.29, 0.717) is 0 Å². The lowest BCUT2D eigenvalue weighted by molar-refractivity contribution is -0.289. The Morgan fingerprint density at radius 1 is 1.00 bits per heavy atom. The Morgan fingerprint density at radius 2 is 1.54 bits per heavy atom. The lowest BCUT2D eigenvalue weighted by Crippen LogP contribution is -2.59. The van der Waals surface area contributed by atoms with Crippen molar-refractivity contribution in [1.29, 1.82) is 0 Å². The highest BCUT2D eigenvalue weighted by molar-refractivity contribution is 9.09. The number of alkyl halides is 1. The second-order valence-corrected chi connectivity index (χ2v) is 3.77. The van der Waals surface area contributed by atoms with Gasteiger partial charge in [0.05, 0.1) is 0 Å². The van der Waals surface area contributed by atoms with Gasteiger partial charge in [0.1, 0.15) is 29.4 Å². The Labute approximate surface area is 82.5 Å². The first kappa shape index (κ1) is 11.3. The van der Waals surface area contributed by atoms with Crippen molar-refractivity contribution in [3.05, 3.63) is 0 Å². The number of hydrogen-bond donors (Lipinski definition) is 5. The molecule has 0 aliphatic carbocycles. The molecule has 1 aliphatic heterocycles. The molecule has 5 N–H and O–H groups in total. The summed E-state index contributed by atoms with van der Waals surface area (Å²) in [5.41, 5.74) is 0. The minimum absolute atomic E-state index is 1.17. The molecule has 0 radical (unpaired) electrons. The SMILES string of the molecule is OC(Br)[C@H]1O[C@H](O)[C@H](O)[C@@H](O)[C@@H]1O. The van der Waals surface area contributed by atoms with Gasteiger partial charge < -0.3 is 30.3 Å². The minimum Gasteiger partial charge on any atom is -0.387 e. The van der Waals surface area contributed by atoms with Crippen LogP contribution in [0.15, 0.2) is 0 Å². The van der Waals surface area contributed by atoms with Gasteiger partial charge in [-0.25, -0.2) is 0 Å². The molecular weight excluding hydrogens is 248 g/mol. The van der Waals surface area contributed by atoms with Gasteiger partial charge >= 0.3 is 0 Å². The lowest BCUT2D eigenvalue weighted by Gasteiger charge is -2.38. The molecule has 13 heavy (non-hydrogen) atoms.